The number of phenolic OH excluding ortho intramolecular Hbond substituents is 1. The van der Waals surface area contributed by atoms with Crippen LogP contribution in [0.25, 0.3) is 11.3 Å². The maximum Gasteiger partial charge on any atom is 0.251 e. The average Bonchev–Trinajstić information content (AvgIpc) is 3.16. The van der Waals surface area contributed by atoms with E-state index in [1.165, 1.54) is 0 Å². The fourth-order valence-corrected chi connectivity index (χ4v) is 3.32. The van der Waals surface area contributed by atoms with Crippen molar-refractivity contribution < 1.29 is 19.4 Å². The molecule has 0 unspecified atom stereocenters. The van der Waals surface area contributed by atoms with Crippen molar-refractivity contribution in [3.8, 4) is 28.5 Å². The highest BCUT2D eigenvalue weighted by Crippen LogP contribution is 2.24. The molecule has 2 aromatic carbocycles. The molecule has 2 N–H and O–H groups in total. The maximum absolute atomic E-state index is 12.4. The van der Waals surface area contributed by atoms with E-state index >= 15 is 0 Å². The second-order valence-electron chi connectivity index (χ2n) is 5.78. The van der Waals surface area contributed by atoms with Crippen molar-refractivity contribution in [3.63, 3.8) is 0 Å². The number of benzene rings is 2. The predicted molar refractivity (Wildman–Crippen MR) is 105 cm³/mol. The highest BCUT2D eigenvalue weighted by atomic mass is 32.1. The molecular weight excluding hydrogens is 364 g/mol. The summed E-state index contributed by atoms with van der Waals surface area (Å²) in [7, 11) is 3.09. The number of carbonyl (C=O) groups is 1. The number of rotatable bonds is 7. The van der Waals surface area contributed by atoms with Gasteiger partial charge in [-0.2, -0.15) is 0 Å². The summed E-state index contributed by atoms with van der Waals surface area (Å²) < 4.78 is 10.4. The number of phenols is 1. The average molecular weight is 384 g/mol. The molecule has 0 spiro atoms. The van der Waals surface area contributed by atoms with Gasteiger partial charge in [0, 0.05) is 35.5 Å². The molecule has 1 heterocycles. The normalized spacial score (nSPS) is 10.4. The van der Waals surface area contributed by atoms with Crippen molar-refractivity contribution in [2.75, 3.05) is 20.8 Å². The van der Waals surface area contributed by atoms with Crippen molar-refractivity contribution in [2.45, 2.75) is 6.42 Å². The number of nitrogens with one attached hydrogen (secondary N) is 1. The molecule has 0 radical (unpaired) electrons. The summed E-state index contributed by atoms with van der Waals surface area (Å²) in [6.45, 7) is 0.473. The minimum Gasteiger partial charge on any atom is -0.508 e. The molecule has 0 fully saturated rings. The quantitative estimate of drug-likeness (QED) is 0.652. The van der Waals surface area contributed by atoms with Crippen LogP contribution in [-0.2, 0) is 6.42 Å². The van der Waals surface area contributed by atoms with E-state index in [0.717, 1.165) is 16.3 Å². The number of thiazole rings is 1. The zero-order chi connectivity index (χ0) is 19.2. The molecule has 3 rings (SSSR count). The van der Waals surface area contributed by atoms with Gasteiger partial charge >= 0.3 is 0 Å². The Labute approximate surface area is 161 Å². The van der Waals surface area contributed by atoms with Crippen LogP contribution in [0.1, 0.15) is 15.4 Å². The first-order valence-electron chi connectivity index (χ1n) is 8.34. The van der Waals surface area contributed by atoms with Crippen molar-refractivity contribution in [1.29, 1.82) is 0 Å². The van der Waals surface area contributed by atoms with Gasteiger partial charge in [-0.1, -0.05) is 0 Å². The highest BCUT2D eigenvalue weighted by molar-refractivity contribution is 7.09. The number of methoxy groups -OCH3 is 2. The number of aromatic hydroxyl groups is 1. The fourth-order valence-electron chi connectivity index (χ4n) is 2.51. The van der Waals surface area contributed by atoms with E-state index in [-0.39, 0.29) is 11.7 Å². The van der Waals surface area contributed by atoms with Gasteiger partial charge in [-0.05, 0) is 36.4 Å². The van der Waals surface area contributed by atoms with Crippen LogP contribution in [0.3, 0.4) is 0 Å². The molecule has 0 atom stereocenters. The van der Waals surface area contributed by atoms with Crippen molar-refractivity contribution in [1.82, 2.24) is 10.3 Å². The van der Waals surface area contributed by atoms with E-state index < -0.39 is 0 Å². The number of nitrogens with zero attached hydrogens (tertiary/aromatic N) is 1. The third-order valence-electron chi connectivity index (χ3n) is 3.95. The molecule has 0 aliphatic carbocycles. The number of ether oxygens (including phenoxy) is 2. The van der Waals surface area contributed by atoms with Gasteiger partial charge in [-0.25, -0.2) is 4.98 Å². The number of hydrogen-bond donors (Lipinski definition) is 2. The van der Waals surface area contributed by atoms with E-state index in [2.05, 4.69) is 10.3 Å². The molecule has 1 amide bonds. The Morgan fingerprint density at radius 1 is 1.11 bits per heavy atom. The van der Waals surface area contributed by atoms with Crippen LogP contribution >= 0.6 is 11.3 Å². The molecule has 0 aliphatic rings. The highest BCUT2D eigenvalue weighted by Gasteiger charge is 2.10. The summed E-state index contributed by atoms with van der Waals surface area (Å²) in [4.78, 5) is 16.9. The standard InChI is InChI=1S/C20H20N2O4S/c1-25-16-9-14(10-17(11-16)26-2)20(24)21-8-7-19-22-18(12-27-19)13-3-5-15(23)6-4-13/h3-6,9-12,23H,7-8H2,1-2H3,(H,21,24). The van der Waals surface area contributed by atoms with E-state index in [9.17, 15) is 9.90 Å². The van der Waals surface area contributed by atoms with Crippen molar-refractivity contribution >= 4 is 17.2 Å². The fraction of sp³-hybridized carbons (Fsp3) is 0.200. The van der Waals surface area contributed by atoms with Crippen LogP contribution < -0.4 is 14.8 Å². The second kappa shape index (κ2) is 8.55. The largest absolute Gasteiger partial charge is 0.508 e. The van der Waals surface area contributed by atoms with E-state index in [4.69, 9.17) is 9.47 Å². The van der Waals surface area contributed by atoms with Crippen LogP contribution in [0.2, 0.25) is 0 Å². The van der Waals surface area contributed by atoms with Gasteiger partial charge in [-0.3, -0.25) is 4.79 Å². The Balaban J connectivity index is 1.58. The number of aromatic nitrogens is 1. The van der Waals surface area contributed by atoms with Crippen LogP contribution in [0.4, 0.5) is 0 Å². The molecule has 7 heteroatoms. The minimum atomic E-state index is -0.192. The topological polar surface area (TPSA) is 80.7 Å². The lowest BCUT2D eigenvalue weighted by Crippen LogP contribution is -2.25. The van der Waals surface area contributed by atoms with E-state index in [0.29, 0.717) is 30.0 Å². The summed E-state index contributed by atoms with van der Waals surface area (Å²) in [5.74, 6) is 1.17. The smallest absolute Gasteiger partial charge is 0.251 e. The Morgan fingerprint density at radius 3 is 2.41 bits per heavy atom. The lowest BCUT2D eigenvalue weighted by molar-refractivity contribution is 0.0953. The summed E-state index contributed by atoms with van der Waals surface area (Å²) in [5, 5.41) is 15.2. The summed E-state index contributed by atoms with van der Waals surface area (Å²) in [5.41, 5.74) is 2.29. The molecule has 0 bridgehead atoms. The van der Waals surface area contributed by atoms with Gasteiger partial charge in [-0.15, -0.1) is 11.3 Å². The number of hydrogen-bond acceptors (Lipinski definition) is 6. The van der Waals surface area contributed by atoms with Gasteiger partial charge in [0.1, 0.15) is 17.2 Å². The molecule has 0 aliphatic heterocycles. The number of carbonyl (C=O) groups excluding carboxylic acids is 1. The van der Waals surface area contributed by atoms with Gasteiger partial charge in [0.15, 0.2) is 0 Å². The Hall–Kier alpha value is -3.06. The summed E-state index contributed by atoms with van der Waals surface area (Å²) >= 11 is 1.54. The Bertz CT molecular complexity index is 900. The molecule has 27 heavy (non-hydrogen) atoms. The first-order chi connectivity index (χ1) is 13.1. The van der Waals surface area contributed by atoms with Gasteiger partial charge in [0.05, 0.1) is 24.9 Å². The molecule has 0 saturated heterocycles. The number of amides is 1. The molecular formula is C20H20N2O4S. The zero-order valence-corrected chi connectivity index (χ0v) is 15.9. The molecule has 3 aromatic rings. The zero-order valence-electron chi connectivity index (χ0n) is 15.1. The van der Waals surface area contributed by atoms with Crippen LogP contribution in [-0.4, -0.2) is 36.8 Å². The lowest BCUT2D eigenvalue weighted by Gasteiger charge is -2.09. The van der Waals surface area contributed by atoms with Crippen LogP contribution in [0.15, 0.2) is 47.8 Å². The van der Waals surface area contributed by atoms with E-state index in [1.54, 1.807) is 55.9 Å². The van der Waals surface area contributed by atoms with Gasteiger partial charge in [0.2, 0.25) is 0 Å². The molecule has 1 aromatic heterocycles. The first kappa shape index (κ1) is 18.7. The first-order valence-corrected chi connectivity index (χ1v) is 9.22. The van der Waals surface area contributed by atoms with E-state index in [1.807, 2.05) is 17.5 Å². The van der Waals surface area contributed by atoms with Crippen LogP contribution in [0, 0.1) is 0 Å². The van der Waals surface area contributed by atoms with Gasteiger partial charge in [0.25, 0.3) is 5.91 Å². The second-order valence-corrected chi connectivity index (χ2v) is 6.72. The summed E-state index contributed by atoms with van der Waals surface area (Å²) in [6.07, 6.45) is 0.635. The summed E-state index contributed by atoms with van der Waals surface area (Å²) in [6, 6.07) is 12.0. The maximum atomic E-state index is 12.4. The molecule has 6 nitrogen and oxygen atoms in total. The third-order valence-corrected chi connectivity index (χ3v) is 4.86. The third kappa shape index (κ3) is 4.77. The lowest BCUT2D eigenvalue weighted by atomic mass is 10.2. The molecule has 0 saturated carbocycles. The minimum absolute atomic E-state index is 0.192. The predicted octanol–water partition coefficient (Wildman–Crippen LogP) is 3.51. The monoisotopic (exact) mass is 384 g/mol. The van der Waals surface area contributed by atoms with Crippen molar-refractivity contribution in [2.24, 2.45) is 0 Å². The van der Waals surface area contributed by atoms with Gasteiger partial charge < -0.3 is 19.9 Å². The van der Waals surface area contributed by atoms with Crippen molar-refractivity contribution in [3.05, 3.63) is 58.4 Å². The Morgan fingerprint density at radius 2 is 1.78 bits per heavy atom. The van der Waals surface area contributed by atoms with Crippen LogP contribution in [0.5, 0.6) is 17.2 Å². The SMILES string of the molecule is COc1cc(OC)cc(C(=O)NCCc2nc(-c3ccc(O)cc3)cs2)c1. The Kier molecular flexibility index (Phi) is 5.93. The molecule has 140 valence electrons.